The Morgan fingerprint density at radius 1 is 1.12 bits per heavy atom. The topological polar surface area (TPSA) is 84.4 Å². The lowest BCUT2D eigenvalue weighted by atomic mass is 10.1. The van der Waals surface area contributed by atoms with Crippen LogP contribution in [0.25, 0.3) is 0 Å². The molecule has 0 saturated carbocycles. The van der Waals surface area contributed by atoms with E-state index in [0.717, 1.165) is 0 Å². The fourth-order valence-corrected chi connectivity index (χ4v) is 2.54. The fraction of sp³-hybridized carbons (Fsp3) is 0.294. The summed E-state index contributed by atoms with van der Waals surface area (Å²) < 4.78 is 5.32. The van der Waals surface area contributed by atoms with Gasteiger partial charge in [0.25, 0.3) is 5.91 Å². The summed E-state index contributed by atoms with van der Waals surface area (Å²) in [4.78, 5) is 33.7. The molecule has 0 radical (unpaired) electrons. The molecule has 1 fully saturated rings. The van der Waals surface area contributed by atoms with Crippen LogP contribution >= 0.6 is 0 Å². The van der Waals surface area contributed by atoms with Crippen LogP contribution in [0.15, 0.2) is 48.9 Å². The number of aromatic nitrogens is 2. The highest BCUT2D eigenvalue weighted by molar-refractivity contribution is 5.92. The van der Waals surface area contributed by atoms with Gasteiger partial charge in [0.05, 0.1) is 6.20 Å². The van der Waals surface area contributed by atoms with Gasteiger partial charge in [0.2, 0.25) is 0 Å². The molecule has 1 aliphatic rings. The number of hydrogen-bond acceptors (Lipinski definition) is 5. The van der Waals surface area contributed by atoms with Crippen molar-refractivity contribution < 1.29 is 14.3 Å². The lowest BCUT2D eigenvalue weighted by Crippen LogP contribution is -2.47. The van der Waals surface area contributed by atoms with Crippen LogP contribution < -0.4 is 10.1 Å². The van der Waals surface area contributed by atoms with Gasteiger partial charge in [0.1, 0.15) is 11.4 Å². The van der Waals surface area contributed by atoms with Gasteiger partial charge in [0.15, 0.2) is 0 Å². The minimum Gasteiger partial charge on any atom is -0.410 e. The van der Waals surface area contributed by atoms with Crippen LogP contribution in [0.4, 0.5) is 4.79 Å². The Kier molecular flexibility index (Phi) is 5.00. The van der Waals surface area contributed by atoms with Crippen LogP contribution in [0.1, 0.15) is 23.3 Å². The van der Waals surface area contributed by atoms with E-state index >= 15 is 0 Å². The Balaban J connectivity index is 1.47. The molecule has 1 N–H and O–H groups in total. The van der Waals surface area contributed by atoms with Crippen molar-refractivity contribution in [3.8, 4) is 5.75 Å². The Hall–Kier alpha value is -2.96. The zero-order valence-corrected chi connectivity index (χ0v) is 13.1. The van der Waals surface area contributed by atoms with Crippen molar-refractivity contribution in [2.45, 2.75) is 18.9 Å². The molecule has 2 heterocycles. The first-order valence-corrected chi connectivity index (χ1v) is 7.81. The summed E-state index contributed by atoms with van der Waals surface area (Å²) in [6.45, 7) is 1.08. The van der Waals surface area contributed by atoms with Gasteiger partial charge in [-0.3, -0.25) is 9.78 Å². The van der Waals surface area contributed by atoms with Gasteiger partial charge < -0.3 is 15.0 Å². The van der Waals surface area contributed by atoms with E-state index in [9.17, 15) is 9.59 Å². The van der Waals surface area contributed by atoms with Crippen molar-refractivity contribution in [2.24, 2.45) is 0 Å². The number of hydrogen-bond donors (Lipinski definition) is 1. The van der Waals surface area contributed by atoms with E-state index in [1.54, 1.807) is 17.0 Å². The summed E-state index contributed by atoms with van der Waals surface area (Å²) in [5.74, 6) is 0.286. The minimum absolute atomic E-state index is 0.0141. The Labute approximate surface area is 139 Å². The average molecular weight is 326 g/mol. The van der Waals surface area contributed by atoms with Crippen molar-refractivity contribution in [1.82, 2.24) is 20.2 Å². The van der Waals surface area contributed by atoms with Crippen molar-refractivity contribution in [1.29, 1.82) is 0 Å². The van der Waals surface area contributed by atoms with Gasteiger partial charge in [-0.15, -0.1) is 0 Å². The minimum atomic E-state index is -0.361. The first-order valence-electron chi connectivity index (χ1n) is 7.81. The van der Waals surface area contributed by atoms with E-state index in [0.29, 0.717) is 37.4 Å². The summed E-state index contributed by atoms with van der Waals surface area (Å²) in [6, 6.07) is 8.99. The van der Waals surface area contributed by atoms with E-state index in [4.69, 9.17) is 4.74 Å². The number of nitrogens with zero attached hydrogens (tertiary/aromatic N) is 3. The van der Waals surface area contributed by atoms with Gasteiger partial charge in [-0.1, -0.05) is 18.2 Å². The first kappa shape index (κ1) is 15.9. The van der Waals surface area contributed by atoms with Crippen LogP contribution in [-0.2, 0) is 0 Å². The number of piperidine rings is 1. The lowest BCUT2D eigenvalue weighted by Gasteiger charge is -2.31. The smallest absolute Gasteiger partial charge is 0.410 e. The molecule has 0 bridgehead atoms. The van der Waals surface area contributed by atoms with Gasteiger partial charge in [-0.25, -0.2) is 9.78 Å². The summed E-state index contributed by atoms with van der Waals surface area (Å²) in [5, 5.41) is 2.92. The molecule has 24 heavy (non-hydrogen) atoms. The Morgan fingerprint density at radius 3 is 2.54 bits per heavy atom. The SMILES string of the molecule is O=C(NC1CCN(C(=O)Oc2ccccc2)CC1)c1cnccn1. The Bertz CT molecular complexity index is 685. The third kappa shape index (κ3) is 4.07. The predicted molar refractivity (Wildman–Crippen MR) is 86.6 cm³/mol. The normalized spacial score (nSPS) is 14.9. The maximum atomic E-state index is 12.1. The van der Waals surface area contributed by atoms with Gasteiger partial charge in [-0.05, 0) is 25.0 Å². The van der Waals surface area contributed by atoms with Crippen molar-refractivity contribution in [3.05, 3.63) is 54.6 Å². The summed E-state index contributed by atoms with van der Waals surface area (Å²) in [6.07, 6.45) is 5.43. The Morgan fingerprint density at radius 2 is 1.88 bits per heavy atom. The number of carbonyl (C=O) groups excluding carboxylic acids is 2. The monoisotopic (exact) mass is 326 g/mol. The second-order valence-electron chi connectivity index (χ2n) is 5.51. The van der Waals surface area contributed by atoms with E-state index in [1.807, 2.05) is 18.2 Å². The van der Waals surface area contributed by atoms with Crippen LogP contribution in [0.2, 0.25) is 0 Å². The van der Waals surface area contributed by atoms with Crippen LogP contribution in [-0.4, -0.2) is 46.0 Å². The number of amides is 2. The number of ether oxygens (including phenoxy) is 1. The van der Waals surface area contributed by atoms with E-state index in [1.165, 1.54) is 18.6 Å². The highest BCUT2D eigenvalue weighted by Crippen LogP contribution is 2.15. The molecule has 124 valence electrons. The summed E-state index contributed by atoms with van der Waals surface area (Å²) >= 11 is 0. The maximum absolute atomic E-state index is 12.1. The number of likely N-dealkylation sites (tertiary alicyclic amines) is 1. The third-order valence-electron chi connectivity index (χ3n) is 3.83. The van der Waals surface area contributed by atoms with Crippen molar-refractivity contribution in [3.63, 3.8) is 0 Å². The van der Waals surface area contributed by atoms with Crippen molar-refractivity contribution >= 4 is 12.0 Å². The second-order valence-corrected chi connectivity index (χ2v) is 5.51. The molecule has 3 rings (SSSR count). The predicted octanol–water partition coefficient (Wildman–Crippen LogP) is 1.87. The average Bonchev–Trinajstić information content (AvgIpc) is 2.64. The largest absolute Gasteiger partial charge is 0.415 e. The molecule has 0 unspecified atom stereocenters. The molecule has 7 heteroatoms. The number of carbonyl (C=O) groups is 2. The van der Waals surface area contributed by atoms with Crippen LogP contribution in [0, 0.1) is 0 Å². The fourth-order valence-electron chi connectivity index (χ4n) is 2.54. The first-order chi connectivity index (χ1) is 11.7. The second kappa shape index (κ2) is 7.54. The number of para-hydroxylation sites is 1. The molecule has 0 spiro atoms. The molecule has 2 amide bonds. The molecule has 1 saturated heterocycles. The molecule has 0 atom stereocenters. The lowest BCUT2D eigenvalue weighted by molar-refractivity contribution is 0.0904. The van der Waals surface area contributed by atoms with E-state index in [2.05, 4.69) is 15.3 Å². The van der Waals surface area contributed by atoms with E-state index in [-0.39, 0.29) is 18.0 Å². The molecule has 0 aliphatic carbocycles. The maximum Gasteiger partial charge on any atom is 0.415 e. The quantitative estimate of drug-likeness (QED) is 0.931. The molecule has 2 aromatic rings. The zero-order valence-electron chi connectivity index (χ0n) is 13.1. The molecular formula is C17H18N4O3. The highest BCUT2D eigenvalue weighted by atomic mass is 16.6. The van der Waals surface area contributed by atoms with E-state index < -0.39 is 0 Å². The summed E-state index contributed by atoms with van der Waals surface area (Å²) in [7, 11) is 0. The van der Waals surface area contributed by atoms with Gasteiger partial charge in [-0.2, -0.15) is 0 Å². The highest BCUT2D eigenvalue weighted by Gasteiger charge is 2.25. The van der Waals surface area contributed by atoms with Gasteiger partial charge >= 0.3 is 6.09 Å². The zero-order chi connectivity index (χ0) is 16.8. The third-order valence-corrected chi connectivity index (χ3v) is 3.83. The summed E-state index contributed by atoms with van der Waals surface area (Å²) in [5.41, 5.74) is 0.295. The molecule has 1 aliphatic heterocycles. The molecule has 1 aromatic carbocycles. The number of nitrogens with one attached hydrogen (secondary N) is 1. The standard InChI is InChI=1S/C17H18N4O3/c22-16(15-12-18-8-9-19-15)20-13-6-10-21(11-7-13)17(23)24-14-4-2-1-3-5-14/h1-5,8-9,12-13H,6-7,10-11H2,(H,20,22). The molecule has 7 nitrogen and oxygen atoms in total. The van der Waals surface area contributed by atoms with Crippen molar-refractivity contribution in [2.75, 3.05) is 13.1 Å². The number of rotatable bonds is 3. The molecule has 1 aromatic heterocycles. The number of benzene rings is 1. The van der Waals surface area contributed by atoms with Gasteiger partial charge in [0, 0.05) is 31.5 Å². The van der Waals surface area contributed by atoms with Crippen LogP contribution in [0.5, 0.6) is 5.75 Å². The van der Waals surface area contributed by atoms with Crippen LogP contribution in [0.3, 0.4) is 0 Å². The molecular weight excluding hydrogens is 308 g/mol.